The van der Waals surface area contributed by atoms with Crippen LogP contribution in [-0.4, -0.2) is 35.4 Å². The van der Waals surface area contributed by atoms with Crippen molar-refractivity contribution in [2.75, 3.05) is 19.6 Å². The summed E-state index contributed by atoms with van der Waals surface area (Å²) in [7, 11) is 0. The number of hydrogen-bond acceptors (Lipinski definition) is 3. The number of carbonyl (C=O) groups excluding carboxylic acids is 1. The van der Waals surface area contributed by atoms with Crippen LogP contribution in [0.25, 0.3) is 0 Å². The molecule has 1 saturated heterocycles. The molecule has 1 aliphatic rings. The fourth-order valence-corrected chi connectivity index (χ4v) is 2.92. The van der Waals surface area contributed by atoms with Gasteiger partial charge in [0.1, 0.15) is 5.82 Å². The number of pyridine rings is 1. The van der Waals surface area contributed by atoms with E-state index in [4.69, 9.17) is 0 Å². The Kier molecular flexibility index (Phi) is 4.98. The average molecular weight is 313 g/mol. The van der Waals surface area contributed by atoms with Crippen molar-refractivity contribution in [1.29, 1.82) is 0 Å². The molecule has 1 aromatic carbocycles. The van der Waals surface area contributed by atoms with Crippen LogP contribution < -0.4 is 5.32 Å². The van der Waals surface area contributed by atoms with Gasteiger partial charge < -0.3 is 10.2 Å². The molecular weight excluding hydrogens is 293 g/mol. The summed E-state index contributed by atoms with van der Waals surface area (Å²) in [5.41, 5.74) is 2.03. The average Bonchev–Trinajstić information content (AvgIpc) is 2.62. The maximum atomic E-state index is 12.9. The zero-order valence-corrected chi connectivity index (χ0v) is 12.9. The Labute approximate surface area is 135 Å². The van der Waals surface area contributed by atoms with Gasteiger partial charge in [0, 0.05) is 38.4 Å². The van der Waals surface area contributed by atoms with Crippen LogP contribution in [0.15, 0.2) is 48.8 Å². The van der Waals surface area contributed by atoms with E-state index < -0.39 is 0 Å². The summed E-state index contributed by atoms with van der Waals surface area (Å²) in [4.78, 5) is 18.7. The SMILES string of the molecule is O=C(CCc1ccc(F)cc1)N1CCNCC1c1cccnc1. The lowest BCUT2D eigenvalue weighted by Crippen LogP contribution is -2.48. The molecule has 1 N–H and O–H groups in total. The molecular formula is C18H20FN3O. The summed E-state index contributed by atoms with van der Waals surface area (Å²) >= 11 is 0. The van der Waals surface area contributed by atoms with Crippen molar-refractivity contribution < 1.29 is 9.18 Å². The number of piperazine rings is 1. The molecule has 2 aromatic rings. The second-order valence-electron chi connectivity index (χ2n) is 5.72. The highest BCUT2D eigenvalue weighted by atomic mass is 19.1. The first-order chi connectivity index (χ1) is 11.2. The first kappa shape index (κ1) is 15.6. The van der Waals surface area contributed by atoms with Crippen molar-refractivity contribution in [2.24, 2.45) is 0 Å². The fraction of sp³-hybridized carbons (Fsp3) is 0.333. The lowest BCUT2D eigenvalue weighted by molar-refractivity contribution is -0.134. The number of benzene rings is 1. The van der Waals surface area contributed by atoms with Gasteiger partial charge in [0.05, 0.1) is 6.04 Å². The minimum absolute atomic E-state index is 0.0261. The van der Waals surface area contributed by atoms with Crippen molar-refractivity contribution in [3.63, 3.8) is 0 Å². The number of rotatable bonds is 4. The zero-order valence-electron chi connectivity index (χ0n) is 12.9. The van der Waals surface area contributed by atoms with Crippen LogP contribution in [0, 0.1) is 5.82 Å². The van der Waals surface area contributed by atoms with Gasteiger partial charge in [0.2, 0.25) is 5.91 Å². The van der Waals surface area contributed by atoms with Crippen LogP contribution in [0.1, 0.15) is 23.6 Å². The molecule has 3 rings (SSSR count). The zero-order chi connectivity index (χ0) is 16.1. The van der Waals surface area contributed by atoms with Gasteiger partial charge in [0.15, 0.2) is 0 Å². The molecule has 0 radical (unpaired) electrons. The lowest BCUT2D eigenvalue weighted by atomic mass is 10.0. The molecule has 0 aliphatic carbocycles. The fourth-order valence-electron chi connectivity index (χ4n) is 2.92. The summed E-state index contributed by atoms with van der Waals surface area (Å²) in [6.45, 7) is 2.24. The minimum atomic E-state index is -0.251. The highest BCUT2D eigenvalue weighted by molar-refractivity contribution is 5.77. The number of aryl methyl sites for hydroxylation is 1. The predicted octanol–water partition coefficient (Wildman–Crippen LogP) is 2.33. The van der Waals surface area contributed by atoms with E-state index in [1.807, 2.05) is 23.2 Å². The number of halogens is 1. The standard InChI is InChI=1S/C18H20FN3O/c19-16-6-3-14(4-7-16)5-8-18(23)22-11-10-21-13-17(22)15-2-1-9-20-12-15/h1-4,6-7,9,12,17,21H,5,8,10-11,13H2. The van der Waals surface area contributed by atoms with Gasteiger partial charge in [0.25, 0.3) is 0 Å². The first-order valence-corrected chi connectivity index (χ1v) is 7.88. The third-order valence-corrected chi connectivity index (χ3v) is 4.17. The molecule has 0 bridgehead atoms. The summed E-state index contributed by atoms with van der Waals surface area (Å²) in [5.74, 6) is -0.122. The van der Waals surface area contributed by atoms with E-state index in [0.29, 0.717) is 19.4 Å². The minimum Gasteiger partial charge on any atom is -0.333 e. The number of carbonyl (C=O) groups is 1. The first-order valence-electron chi connectivity index (χ1n) is 7.88. The quantitative estimate of drug-likeness (QED) is 0.942. The van der Waals surface area contributed by atoms with Gasteiger partial charge in [-0.15, -0.1) is 0 Å². The van der Waals surface area contributed by atoms with Gasteiger partial charge in [-0.3, -0.25) is 9.78 Å². The van der Waals surface area contributed by atoms with Crippen molar-refractivity contribution in [3.8, 4) is 0 Å². The Morgan fingerprint density at radius 2 is 2.13 bits per heavy atom. The Hall–Kier alpha value is -2.27. The van der Waals surface area contributed by atoms with E-state index in [0.717, 1.165) is 24.2 Å². The molecule has 1 aliphatic heterocycles. The molecule has 1 fully saturated rings. The van der Waals surface area contributed by atoms with Crippen LogP contribution in [-0.2, 0) is 11.2 Å². The topological polar surface area (TPSA) is 45.2 Å². The van der Waals surface area contributed by atoms with E-state index in [9.17, 15) is 9.18 Å². The van der Waals surface area contributed by atoms with Crippen molar-refractivity contribution in [2.45, 2.75) is 18.9 Å². The third-order valence-electron chi connectivity index (χ3n) is 4.17. The largest absolute Gasteiger partial charge is 0.333 e. The van der Waals surface area contributed by atoms with E-state index in [2.05, 4.69) is 10.3 Å². The third kappa shape index (κ3) is 3.93. The summed E-state index contributed by atoms with van der Waals surface area (Å²) < 4.78 is 12.9. The monoisotopic (exact) mass is 313 g/mol. The van der Waals surface area contributed by atoms with E-state index in [1.165, 1.54) is 12.1 Å². The molecule has 1 unspecified atom stereocenters. The predicted molar refractivity (Wildman–Crippen MR) is 86.3 cm³/mol. The number of amides is 1. The summed E-state index contributed by atoms with van der Waals surface area (Å²) in [6.07, 6.45) is 4.61. The summed E-state index contributed by atoms with van der Waals surface area (Å²) in [5, 5.41) is 3.33. The number of nitrogens with zero attached hydrogens (tertiary/aromatic N) is 2. The molecule has 5 heteroatoms. The van der Waals surface area contributed by atoms with E-state index >= 15 is 0 Å². The molecule has 1 amide bonds. The Morgan fingerprint density at radius 3 is 2.87 bits per heavy atom. The van der Waals surface area contributed by atoms with E-state index in [1.54, 1.807) is 18.3 Å². The molecule has 1 aromatic heterocycles. The summed E-state index contributed by atoms with van der Waals surface area (Å²) in [6, 6.07) is 10.3. The number of hydrogen-bond donors (Lipinski definition) is 1. The van der Waals surface area contributed by atoms with E-state index in [-0.39, 0.29) is 17.8 Å². The molecule has 0 saturated carbocycles. The second kappa shape index (κ2) is 7.33. The molecule has 1 atom stereocenters. The van der Waals surface area contributed by atoms with Crippen molar-refractivity contribution in [3.05, 3.63) is 65.7 Å². The smallest absolute Gasteiger partial charge is 0.223 e. The molecule has 4 nitrogen and oxygen atoms in total. The van der Waals surface area contributed by atoms with Crippen LogP contribution in [0.2, 0.25) is 0 Å². The molecule has 0 spiro atoms. The highest BCUT2D eigenvalue weighted by Crippen LogP contribution is 2.22. The van der Waals surface area contributed by atoms with Gasteiger partial charge in [-0.25, -0.2) is 4.39 Å². The van der Waals surface area contributed by atoms with Gasteiger partial charge in [-0.2, -0.15) is 0 Å². The van der Waals surface area contributed by atoms with Crippen LogP contribution in [0.3, 0.4) is 0 Å². The second-order valence-corrected chi connectivity index (χ2v) is 5.72. The Bertz CT molecular complexity index is 645. The van der Waals surface area contributed by atoms with Gasteiger partial charge >= 0.3 is 0 Å². The van der Waals surface area contributed by atoms with Gasteiger partial charge in [-0.05, 0) is 35.7 Å². The van der Waals surface area contributed by atoms with Crippen molar-refractivity contribution in [1.82, 2.24) is 15.2 Å². The Balaban J connectivity index is 1.65. The lowest BCUT2D eigenvalue weighted by Gasteiger charge is -2.36. The number of nitrogens with one attached hydrogen (secondary N) is 1. The van der Waals surface area contributed by atoms with Crippen molar-refractivity contribution >= 4 is 5.91 Å². The molecule has 2 heterocycles. The highest BCUT2D eigenvalue weighted by Gasteiger charge is 2.27. The van der Waals surface area contributed by atoms with Crippen LogP contribution >= 0.6 is 0 Å². The van der Waals surface area contributed by atoms with Crippen LogP contribution in [0.5, 0.6) is 0 Å². The van der Waals surface area contributed by atoms with Crippen LogP contribution in [0.4, 0.5) is 4.39 Å². The van der Waals surface area contributed by atoms with Gasteiger partial charge in [-0.1, -0.05) is 18.2 Å². The molecule has 23 heavy (non-hydrogen) atoms. The normalized spacial score (nSPS) is 18.0. The Morgan fingerprint density at radius 1 is 1.30 bits per heavy atom. The molecule has 120 valence electrons. The maximum absolute atomic E-state index is 12.9. The number of aromatic nitrogens is 1. The maximum Gasteiger partial charge on any atom is 0.223 e.